The van der Waals surface area contributed by atoms with Gasteiger partial charge in [-0.05, 0) is 36.4 Å². The average Bonchev–Trinajstić information content (AvgIpc) is 2.79. The van der Waals surface area contributed by atoms with E-state index >= 15 is 0 Å². The van der Waals surface area contributed by atoms with Gasteiger partial charge in [-0.15, -0.1) is 0 Å². The molecule has 0 spiro atoms. The van der Waals surface area contributed by atoms with Gasteiger partial charge in [-0.2, -0.15) is 13.2 Å². The molecule has 9 heteroatoms. The van der Waals surface area contributed by atoms with Gasteiger partial charge < -0.3 is 4.98 Å². The van der Waals surface area contributed by atoms with E-state index in [0.29, 0.717) is 48.5 Å². The number of rotatable bonds is 3. The zero-order valence-corrected chi connectivity index (χ0v) is 16.9. The highest BCUT2D eigenvalue weighted by molar-refractivity contribution is 5.74. The predicted octanol–water partition coefficient (Wildman–Crippen LogP) is 3.96. The van der Waals surface area contributed by atoms with Crippen LogP contribution in [-0.2, 0) is 25.7 Å². The van der Waals surface area contributed by atoms with Crippen LogP contribution < -0.4 is 5.56 Å². The predicted molar refractivity (Wildman–Crippen MR) is 113 cm³/mol. The number of aromatic nitrogens is 4. The average molecular weight is 437 g/mol. The van der Waals surface area contributed by atoms with Gasteiger partial charge in [0.2, 0.25) is 0 Å². The van der Waals surface area contributed by atoms with Crippen LogP contribution in [-0.4, -0.2) is 31.4 Å². The van der Waals surface area contributed by atoms with Crippen LogP contribution in [0.1, 0.15) is 22.5 Å². The highest BCUT2D eigenvalue weighted by atomic mass is 19.4. The lowest BCUT2D eigenvalue weighted by atomic mass is 10.1. The summed E-state index contributed by atoms with van der Waals surface area (Å²) >= 11 is 0. The van der Waals surface area contributed by atoms with E-state index in [2.05, 4.69) is 24.8 Å². The fourth-order valence-electron chi connectivity index (χ4n) is 3.88. The number of aromatic amines is 1. The Balaban J connectivity index is 1.36. The molecule has 1 aliphatic rings. The topological polar surface area (TPSA) is 74.8 Å². The van der Waals surface area contributed by atoms with Gasteiger partial charge in [0.05, 0.1) is 22.5 Å². The normalized spacial score (nSPS) is 14.5. The minimum Gasteiger partial charge on any atom is -0.306 e. The van der Waals surface area contributed by atoms with Gasteiger partial charge in [0.15, 0.2) is 5.65 Å². The number of H-pyrrole nitrogens is 1. The van der Waals surface area contributed by atoms with Gasteiger partial charge in [0.1, 0.15) is 5.82 Å². The maximum atomic E-state index is 12.8. The van der Waals surface area contributed by atoms with Gasteiger partial charge in [-0.25, -0.2) is 15.0 Å². The zero-order chi connectivity index (χ0) is 22.3. The zero-order valence-electron chi connectivity index (χ0n) is 16.9. The van der Waals surface area contributed by atoms with Crippen molar-refractivity contribution in [3.8, 4) is 11.4 Å². The van der Waals surface area contributed by atoms with Gasteiger partial charge in [0.25, 0.3) is 5.56 Å². The molecular weight excluding hydrogens is 419 g/mol. The Morgan fingerprint density at radius 2 is 1.84 bits per heavy atom. The van der Waals surface area contributed by atoms with Crippen molar-refractivity contribution in [3.63, 3.8) is 0 Å². The van der Waals surface area contributed by atoms with Crippen molar-refractivity contribution in [2.24, 2.45) is 0 Å². The summed E-state index contributed by atoms with van der Waals surface area (Å²) in [5.41, 5.74) is 2.22. The molecule has 4 aromatic rings. The molecule has 3 aromatic heterocycles. The Morgan fingerprint density at radius 3 is 2.62 bits per heavy atom. The Labute approximate surface area is 180 Å². The highest BCUT2D eigenvalue weighted by Crippen LogP contribution is 2.30. The second kappa shape index (κ2) is 7.83. The lowest BCUT2D eigenvalue weighted by molar-refractivity contribution is -0.137. The Morgan fingerprint density at radius 1 is 1.03 bits per heavy atom. The summed E-state index contributed by atoms with van der Waals surface area (Å²) in [4.78, 5) is 31.0. The Hall–Kier alpha value is -3.59. The monoisotopic (exact) mass is 437 g/mol. The molecule has 0 amide bonds. The van der Waals surface area contributed by atoms with Crippen molar-refractivity contribution in [3.05, 3.63) is 87.6 Å². The van der Waals surface area contributed by atoms with Crippen molar-refractivity contribution in [1.29, 1.82) is 0 Å². The molecular formula is C23H18F3N5O. The van der Waals surface area contributed by atoms with Gasteiger partial charge in [-0.1, -0.05) is 12.1 Å². The molecule has 1 aliphatic heterocycles. The SMILES string of the molecule is O=c1[nH]c(-c2ccc(C(F)(F)F)cc2)nc2c1CN(Cc1ccc3cccnc3n1)CC2. The van der Waals surface area contributed by atoms with E-state index in [9.17, 15) is 18.0 Å². The van der Waals surface area contributed by atoms with E-state index in [4.69, 9.17) is 0 Å². The first-order valence-corrected chi connectivity index (χ1v) is 10.1. The van der Waals surface area contributed by atoms with Crippen molar-refractivity contribution in [1.82, 2.24) is 24.8 Å². The van der Waals surface area contributed by atoms with Crippen LogP contribution in [0, 0.1) is 0 Å². The molecule has 0 aliphatic carbocycles. The summed E-state index contributed by atoms with van der Waals surface area (Å²) < 4.78 is 38.4. The van der Waals surface area contributed by atoms with Crippen LogP contribution in [0.25, 0.3) is 22.4 Å². The lowest BCUT2D eigenvalue weighted by Crippen LogP contribution is -2.35. The number of pyridine rings is 2. The van der Waals surface area contributed by atoms with Crippen molar-refractivity contribution >= 4 is 11.0 Å². The number of fused-ring (bicyclic) bond motifs is 2. The van der Waals surface area contributed by atoms with Crippen LogP contribution in [0.2, 0.25) is 0 Å². The first-order chi connectivity index (χ1) is 15.4. The smallest absolute Gasteiger partial charge is 0.306 e. The van der Waals surface area contributed by atoms with Crippen LogP contribution in [0.4, 0.5) is 13.2 Å². The number of alkyl halides is 3. The second-order valence-electron chi connectivity index (χ2n) is 7.73. The lowest BCUT2D eigenvalue weighted by Gasteiger charge is -2.27. The van der Waals surface area contributed by atoms with E-state index in [1.807, 2.05) is 24.3 Å². The fourth-order valence-corrected chi connectivity index (χ4v) is 3.88. The van der Waals surface area contributed by atoms with Crippen LogP contribution in [0.3, 0.4) is 0 Å². The van der Waals surface area contributed by atoms with E-state index in [1.54, 1.807) is 6.20 Å². The largest absolute Gasteiger partial charge is 0.416 e. The van der Waals surface area contributed by atoms with E-state index < -0.39 is 11.7 Å². The van der Waals surface area contributed by atoms with Gasteiger partial charge in [-0.3, -0.25) is 9.69 Å². The number of hydrogen-bond acceptors (Lipinski definition) is 5. The first kappa shape index (κ1) is 20.3. The number of hydrogen-bond donors (Lipinski definition) is 1. The third-order valence-corrected chi connectivity index (χ3v) is 5.54. The molecule has 0 atom stereocenters. The maximum Gasteiger partial charge on any atom is 0.416 e. The van der Waals surface area contributed by atoms with E-state index in [-0.39, 0.29) is 11.4 Å². The number of benzene rings is 1. The molecule has 0 bridgehead atoms. The van der Waals surface area contributed by atoms with E-state index in [1.165, 1.54) is 12.1 Å². The minimum atomic E-state index is -4.41. The third-order valence-electron chi connectivity index (χ3n) is 5.54. The van der Waals surface area contributed by atoms with Crippen LogP contribution >= 0.6 is 0 Å². The molecule has 6 nitrogen and oxygen atoms in total. The molecule has 1 N–H and O–H groups in total. The van der Waals surface area contributed by atoms with E-state index in [0.717, 1.165) is 23.2 Å². The molecule has 162 valence electrons. The summed E-state index contributed by atoms with van der Waals surface area (Å²) in [6, 6.07) is 12.4. The molecule has 5 rings (SSSR count). The second-order valence-corrected chi connectivity index (χ2v) is 7.73. The number of halogens is 3. The number of nitrogens with zero attached hydrogens (tertiary/aromatic N) is 4. The highest BCUT2D eigenvalue weighted by Gasteiger charge is 2.30. The Bertz CT molecular complexity index is 1350. The third kappa shape index (κ3) is 3.99. The molecule has 0 saturated heterocycles. The summed E-state index contributed by atoms with van der Waals surface area (Å²) in [5.74, 6) is 0.276. The molecule has 0 unspecified atom stereocenters. The molecule has 0 saturated carbocycles. The summed E-state index contributed by atoms with van der Waals surface area (Å²) in [6.07, 6.45) is -2.14. The van der Waals surface area contributed by atoms with Crippen molar-refractivity contribution in [2.45, 2.75) is 25.7 Å². The van der Waals surface area contributed by atoms with Crippen molar-refractivity contribution < 1.29 is 13.2 Å². The fraction of sp³-hybridized carbons (Fsp3) is 0.217. The molecule has 0 radical (unpaired) electrons. The Kier molecular flexibility index (Phi) is 4.97. The van der Waals surface area contributed by atoms with Crippen molar-refractivity contribution in [2.75, 3.05) is 6.54 Å². The van der Waals surface area contributed by atoms with Gasteiger partial charge >= 0.3 is 6.18 Å². The summed E-state index contributed by atoms with van der Waals surface area (Å²) in [5, 5.41) is 0.969. The first-order valence-electron chi connectivity index (χ1n) is 10.1. The van der Waals surface area contributed by atoms with Crippen LogP contribution in [0.15, 0.2) is 59.5 Å². The van der Waals surface area contributed by atoms with Gasteiger partial charge in [0, 0.05) is 43.2 Å². The standard InChI is InChI=1S/C23H18F3N5O/c24-23(25,26)16-6-3-15(4-7-16)21-29-19-9-11-31(13-18(19)22(32)30-21)12-17-8-5-14-2-1-10-27-20(14)28-17/h1-8,10H,9,11-13H2,(H,29,30,32). The maximum absolute atomic E-state index is 12.8. The molecule has 32 heavy (non-hydrogen) atoms. The summed E-state index contributed by atoms with van der Waals surface area (Å²) in [7, 11) is 0. The quantitative estimate of drug-likeness (QED) is 0.525. The molecule has 4 heterocycles. The minimum absolute atomic E-state index is 0.275. The molecule has 1 aromatic carbocycles. The summed E-state index contributed by atoms with van der Waals surface area (Å²) in [6.45, 7) is 1.69. The van der Waals surface area contributed by atoms with Crippen LogP contribution in [0.5, 0.6) is 0 Å². The molecule has 0 fully saturated rings. The number of nitrogens with one attached hydrogen (secondary N) is 1.